The van der Waals surface area contributed by atoms with Gasteiger partial charge in [-0.05, 0) is 72.2 Å². The summed E-state index contributed by atoms with van der Waals surface area (Å²) in [5.74, 6) is 2.61. The van der Waals surface area contributed by atoms with Crippen molar-refractivity contribution in [3.63, 3.8) is 0 Å². The van der Waals surface area contributed by atoms with E-state index in [2.05, 4.69) is 90.5 Å². The molecule has 0 saturated carbocycles. The molecule has 2 saturated heterocycles. The second kappa shape index (κ2) is 19.2. The molecule has 63 heavy (non-hydrogen) atoms. The van der Waals surface area contributed by atoms with E-state index in [4.69, 9.17) is 28.3 Å². The second-order valence-electron chi connectivity index (χ2n) is 16.8. The highest BCUT2D eigenvalue weighted by atomic mass is 35.5. The van der Waals surface area contributed by atoms with Crippen LogP contribution in [-0.4, -0.2) is 76.6 Å². The van der Waals surface area contributed by atoms with Gasteiger partial charge in [-0.25, -0.2) is 9.50 Å². The SMILES string of the molecule is Cc1ccc(Cl)cc1-c1ncc2c(=O)[nH]c(C3CN(Cc4ccccc4)CC3C)nn12.Cc1ccc(Cl)cc1C(=O)NCc1nnc(C2CN(Cc3ccccc3)CC2C)[nH]c1=O. The van der Waals surface area contributed by atoms with Crippen molar-refractivity contribution < 1.29 is 4.79 Å². The van der Waals surface area contributed by atoms with Crippen molar-refractivity contribution in [3.8, 4) is 11.4 Å². The van der Waals surface area contributed by atoms with Gasteiger partial charge in [0.15, 0.2) is 11.3 Å². The van der Waals surface area contributed by atoms with E-state index in [9.17, 15) is 14.4 Å². The molecule has 4 atom stereocenters. The minimum Gasteiger partial charge on any atom is -0.346 e. The van der Waals surface area contributed by atoms with Gasteiger partial charge in [-0.15, -0.1) is 10.2 Å². The number of halogens is 2. The number of benzene rings is 4. The summed E-state index contributed by atoms with van der Waals surface area (Å²) in [5.41, 5.74) is 5.85. The van der Waals surface area contributed by atoms with E-state index in [-0.39, 0.29) is 41.1 Å². The summed E-state index contributed by atoms with van der Waals surface area (Å²) in [4.78, 5) is 53.1. The number of hydrogen-bond acceptors (Lipinski definition) is 9. The lowest BCUT2D eigenvalue weighted by atomic mass is 9.97. The van der Waals surface area contributed by atoms with Crippen LogP contribution >= 0.6 is 23.2 Å². The number of amides is 1. The lowest BCUT2D eigenvalue weighted by molar-refractivity contribution is 0.0949. The number of fused-ring (bicyclic) bond motifs is 1. The monoisotopic (exact) mass is 884 g/mol. The van der Waals surface area contributed by atoms with E-state index in [1.165, 1.54) is 11.1 Å². The van der Waals surface area contributed by atoms with Crippen molar-refractivity contribution in [2.45, 2.75) is 59.2 Å². The Morgan fingerprint density at radius 2 is 1.29 bits per heavy atom. The molecule has 2 fully saturated rings. The van der Waals surface area contributed by atoms with Crippen LogP contribution in [0.5, 0.6) is 0 Å². The van der Waals surface area contributed by atoms with Gasteiger partial charge >= 0.3 is 0 Å². The standard InChI is InChI=1S/C24H26ClN5O2.C24H24ClN5O/c1-15-8-9-18(25)10-19(15)23(31)26-11-21-24(32)27-22(29-28-21)20-14-30(12-16(20)2)13-17-6-4-3-5-7-17;1-15-8-9-18(25)10-19(15)23-26-11-21-24(31)27-22(28-30(21)23)20-14-29(12-16(20)2)13-17-6-4-3-5-7-17/h3-10,16,20H,11-14H2,1-2H3,(H,26,31)(H,27,29,32);3-11,16,20H,12-14H2,1-2H3,(H,27,28,31). The number of imidazole rings is 1. The first-order valence-corrected chi connectivity index (χ1v) is 21.9. The zero-order valence-electron chi connectivity index (χ0n) is 35.7. The predicted molar refractivity (Wildman–Crippen MR) is 246 cm³/mol. The molecule has 13 nitrogen and oxygen atoms in total. The molecule has 9 rings (SSSR count). The zero-order valence-corrected chi connectivity index (χ0v) is 37.2. The Balaban J connectivity index is 0.000000173. The molecule has 2 aliphatic rings. The number of nitrogens with one attached hydrogen (secondary N) is 3. The summed E-state index contributed by atoms with van der Waals surface area (Å²) in [6, 6.07) is 31.6. The first-order chi connectivity index (χ1) is 30.4. The third kappa shape index (κ3) is 10.1. The van der Waals surface area contributed by atoms with Gasteiger partial charge in [0.2, 0.25) is 0 Å². The number of rotatable bonds is 10. The van der Waals surface area contributed by atoms with Gasteiger partial charge in [-0.2, -0.15) is 5.10 Å². The zero-order chi connectivity index (χ0) is 44.2. The van der Waals surface area contributed by atoms with Crippen LogP contribution in [0, 0.1) is 25.7 Å². The Kier molecular flexibility index (Phi) is 13.3. The minimum atomic E-state index is -0.327. The second-order valence-corrected chi connectivity index (χ2v) is 17.7. The summed E-state index contributed by atoms with van der Waals surface area (Å²) >= 11 is 12.2. The Morgan fingerprint density at radius 1 is 0.714 bits per heavy atom. The Hall–Kier alpha value is -5.99. The average molecular weight is 886 g/mol. The summed E-state index contributed by atoms with van der Waals surface area (Å²) in [6.07, 6.45) is 1.57. The van der Waals surface area contributed by atoms with E-state index >= 15 is 0 Å². The van der Waals surface area contributed by atoms with Gasteiger partial charge in [0.1, 0.15) is 17.3 Å². The van der Waals surface area contributed by atoms with Crippen LogP contribution in [0.1, 0.15) is 75.6 Å². The summed E-state index contributed by atoms with van der Waals surface area (Å²) in [6.45, 7) is 13.5. The molecule has 0 bridgehead atoms. The first-order valence-electron chi connectivity index (χ1n) is 21.2. The highest BCUT2D eigenvalue weighted by molar-refractivity contribution is 6.31. The van der Waals surface area contributed by atoms with Crippen LogP contribution < -0.4 is 16.4 Å². The van der Waals surface area contributed by atoms with Gasteiger partial charge in [-0.3, -0.25) is 24.2 Å². The molecule has 15 heteroatoms. The molecule has 7 aromatic rings. The number of nitrogens with zero attached hydrogens (tertiary/aromatic N) is 7. The smallest absolute Gasteiger partial charge is 0.276 e. The van der Waals surface area contributed by atoms with Crippen LogP contribution in [0.2, 0.25) is 10.0 Å². The molecule has 5 heterocycles. The van der Waals surface area contributed by atoms with Crippen molar-refractivity contribution in [2.24, 2.45) is 11.8 Å². The Morgan fingerprint density at radius 3 is 1.90 bits per heavy atom. The Labute approximate surface area is 375 Å². The predicted octanol–water partition coefficient (Wildman–Crippen LogP) is 7.57. The van der Waals surface area contributed by atoms with E-state index in [0.717, 1.165) is 56.0 Å². The summed E-state index contributed by atoms with van der Waals surface area (Å²) in [7, 11) is 0. The molecule has 2 aliphatic heterocycles. The average Bonchev–Trinajstić information content (AvgIpc) is 3.98. The van der Waals surface area contributed by atoms with Crippen LogP contribution in [0.3, 0.4) is 0 Å². The fourth-order valence-corrected chi connectivity index (χ4v) is 8.99. The van der Waals surface area contributed by atoms with Crippen molar-refractivity contribution in [1.29, 1.82) is 0 Å². The normalized spacial score (nSPS) is 19.0. The number of aromatic nitrogens is 7. The highest BCUT2D eigenvalue weighted by Crippen LogP contribution is 2.33. The maximum absolute atomic E-state index is 12.8. The molecule has 4 aromatic carbocycles. The number of hydrogen-bond donors (Lipinski definition) is 3. The fraction of sp³-hybridized carbons (Fsp3) is 0.312. The molecule has 3 aromatic heterocycles. The Bertz CT molecular complexity index is 2850. The van der Waals surface area contributed by atoms with Gasteiger partial charge in [0, 0.05) is 72.3 Å². The van der Waals surface area contributed by atoms with Gasteiger partial charge in [0.05, 0.1) is 12.7 Å². The maximum Gasteiger partial charge on any atom is 0.276 e. The fourth-order valence-electron chi connectivity index (χ4n) is 8.64. The number of aromatic amines is 2. The summed E-state index contributed by atoms with van der Waals surface area (Å²) < 4.78 is 1.67. The number of likely N-dealkylation sites (tertiary alicyclic amines) is 2. The lowest BCUT2D eigenvalue weighted by Gasteiger charge is -2.16. The largest absolute Gasteiger partial charge is 0.346 e. The molecule has 4 unspecified atom stereocenters. The topological polar surface area (TPSA) is 157 Å². The third-order valence-corrected chi connectivity index (χ3v) is 12.5. The van der Waals surface area contributed by atoms with E-state index in [1.807, 2.05) is 56.3 Å². The summed E-state index contributed by atoms with van der Waals surface area (Å²) in [5, 5.41) is 17.1. The third-order valence-electron chi connectivity index (χ3n) is 12.1. The van der Waals surface area contributed by atoms with E-state index in [1.54, 1.807) is 28.9 Å². The molecule has 0 aliphatic carbocycles. The van der Waals surface area contributed by atoms with Crippen molar-refractivity contribution in [2.75, 3.05) is 26.2 Å². The number of carbonyl (C=O) groups excluding carboxylic acids is 1. The van der Waals surface area contributed by atoms with Crippen LogP contribution in [0.25, 0.3) is 16.9 Å². The van der Waals surface area contributed by atoms with Gasteiger partial charge in [-0.1, -0.05) is 110 Å². The lowest BCUT2D eigenvalue weighted by Crippen LogP contribution is -2.30. The molecular formula is C48H50Cl2N10O3. The van der Waals surface area contributed by atoms with Crippen molar-refractivity contribution >= 4 is 34.6 Å². The number of aryl methyl sites for hydroxylation is 2. The van der Waals surface area contributed by atoms with Crippen LogP contribution in [-0.2, 0) is 19.6 Å². The molecular weight excluding hydrogens is 836 g/mol. The van der Waals surface area contributed by atoms with Crippen LogP contribution in [0.15, 0.2) is 113 Å². The number of carbonyl (C=O) groups is 1. The molecule has 0 spiro atoms. The van der Waals surface area contributed by atoms with E-state index in [0.29, 0.717) is 50.4 Å². The van der Waals surface area contributed by atoms with Gasteiger partial charge < -0.3 is 15.3 Å². The number of H-pyrrole nitrogens is 2. The molecule has 0 radical (unpaired) electrons. The van der Waals surface area contributed by atoms with Crippen molar-refractivity contribution in [3.05, 3.63) is 179 Å². The van der Waals surface area contributed by atoms with E-state index < -0.39 is 0 Å². The molecule has 3 N–H and O–H groups in total. The highest BCUT2D eigenvalue weighted by Gasteiger charge is 2.34. The van der Waals surface area contributed by atoms with Crippen LogP contribution in [0.4, 0.5) is 0 Å². The van der Waals surface area contributed by atoms with Gasteiger partial charge in [0.25, 0.3) is 17.0 Å². The molecule has 324 valence electrons. The minimum absolute atomic E-state index is 0.00620. The maximum atomic E-state index is 12.8. The van der Waals surface area contributed by atoms with Crippen molar-refractivity contribution in [1.82, 2.24) is 49.9 Å². The molecule has 1 amide bonds. The first kappa shape index (κ1) is 43.7. The quantitative estimate of drug-likeness (QED) is 0.126.